The molecule has 0 atom stereocenters. The van der Waals surface area contributed by atoms with Gasteiger partial charge >= 0.3 is 0 Å². The van der Waals surface area contributed by atoms with Crippen LogP contribution < -0.4 is 5.84 Å². The first-order valence-corrected chi connectivity index (χ1v) is 4.20. The molecule has 0 heterocycles. The Kier molecular flexibility index (Phi) is 3.43. The quantitative estimate of drug-likeness (QED) is 0.431. The second kappa shape index (κ2) is 4.60. The predicted molar refractivity (Wildman–Crippen MR) is 52.0 cm³/mol. The molecule has 0 aliphatic carbocycles. The maximum absolute atomic E-state index is 12.7. The molecule has 0 saturated carbocycles. The van der Waals surface area contributed by atoms with Crippen molar-refractivity contribution in [2.75, 3.05) is 0 Å². The molecule has 13 heavy (non-hydrogen) atoms. The monoisotopic (exact) mass is 180 g/mol. The molecule has 1 aromatic carbocycles. The fraction of sp³-hybridized carbons (Fsp3) is 0.300. The van der Waals surface area contributed by atoms with Crippen molar-refractivity contribution in [1.82, 2.24) is 0 Å². The Labute approximate surface area is 77.3 Å². The molecule has 2 nitrogen and oxygen atoms in total. The number of halogens is 1. The molecule has 0 radical (unpaired) electrons. The van der Waals surface area contributed by atoms with E-state index in [4.69, 9.17) is 5.84 Å². The van der Waals surface area contributed by atoms with Gasteiger partial charge in [-0.1, -0.05) is 12.1 Å². The summed E-state index contributed by atoms with van der Waals surface area (Å²) in [6.45, 7) is 1.86. The van der Waals surface area contributed by atoms with Crippen molar-refractivity contribution in [3.05, 3.63) is 35.6 Å². The Bertz CT molecular complexity index is 308. The fourth-order valence-electron chi connectivity index (χ4n) is 1.08. The van der Waals surface area contributed by atoms with E-state index in [9.17, 15) is 4.39 Å². The maximum atomic E-state index is 12.7. The number of rotatable bonds is 3. The molecule has 3 heteroatoms. The van der Waals surface area contributed by atoms with Gasteiger partial charge in [0.2, 0.25) is 0 Å². The zero-order chi connectivity index (χ0) is 9.68. The van der Waals surface area contributed by atoms with Gasteiger partial charge in [0.1, 0.15) is 5.82 Å². The van der Waals surface area contributed by atoms with Crippen LogP contribution in [0.2, 0.25) is 0 Å². The Morgan fingerprint density at radius 2 is 2.31 bits per heavy atom. The molecule has 0 spiro atoms. The average molecular weight is 180 g/mol. The first-order chi connectivity index (χ1) is 6.22. The van der Waals surface area contributed by atoms with Gasteiger partial charge in [0.25, 0.3) is 0 Å². The van der Waals surface area contributed by atoms with Crippen molar-refractivity contribution < 1.29 is 4.39 Å². The average Bonchev–Trinajstić information content (AvgIpc) is 2.14. The summed E-state index contributed by atoms with van der Waals surface area (Å²) in [5.74, 6) is 4.89. The molecule has 1 rings (SSSR count). The van der Waals surface area contributed by atoms with E-state index in [1.54, 1.807) is 6.07 Å². The summed E-state index contributed by atoms with van der Waals surface area (Å²) in [4.78, 5) is 0. The molecular weight excluding hydrogens is 167 g/mol. The van der Waals surface area contributed by atoms with E-state index in [2.05, 4.69) is 5.10 Å². The molecule has 0 aromatic heterocycles. The van der Waals surface area contributed by atoms with Crippen LogP contribution in [0.4, 0.5) is 4.39 Å². The normalized spacial score (nSPS) is 11.7. The summed E-state index contributed by atoms with van der Waals surface area (Å²) in [5, 5.41) is 3.55. The van der Waals surface area contributed by atoms with Crippen molar-refractivity contribution in [2.45, 2.75) is 19.8 Å². The van der Waals surface area contributed by atoms with Crippen LogP contribution in [0.5, 0.6) is 0 Å². The number of nitrogens with two attached hydrogens (primary N) is 1. The topological polar surface area (TPSA) is 38.4 Å². The van der Waals surface area contributed by atoms with Gasteiger partial charge in [-0.05, 0) is 37.5 Å². The van der Waals surface area contributed by atoms with E-state index < -0.39 is 0 Å². The molecule has 0 fully saturated rings. The van der Waals surface area contributed by atoms with E-state index in [-0.39, 0.29) is 5.82 Å². The Morgan fingerprint density at radius 1 is 1.54 bits per heavy atom. The molecule has 0 amide bonds. The van der Waals surface area contributed by atoms with Crippen molar-refractivity contribution in [1.29, 1.82) is 0 Å². The van der Waals surface area contributed by atoms with E-state index in [0.29, 0.717) is 0 Å². The van der Waals surface area contributed by atoms with Crippen LogP contribution >= 0.6 is 0 Å². The van der Waals surface area contributed by atoms with E-state index in [0.717, 1.165) is 24.1 Å². The van der Waals surface area contributed by atoms with E-state index in [1.165, 1.54) is 12.1 Å². The van der Waals surface area contributed by atoms with Crippen LogP contribution in [-0.2, 0) is 6.42 Å². The third-order valence-electron chi connectivity index (χ3n) is 1.88. The summed E-state index contributed by atoms with van der Waals surface area (Å²) in [6.07, 6.45) is 1.56. The molecule has 0 aliphatic heterocycles. The van der Waals surface area contributed by atoms with Crippen LogP contribution in [0.15, 0.2) is 29.4 Å². The van der Waals surface area contributed by atoms with Crippen molar-refractivity contribution in [2.24, 2.45) is 10.9 Å². The zero-order valence-corrected chi connectivity index (χ0v) is 7.63. The van der Waals surface area contributed by atoms with Crippen LogP contribution in [0.1, 0.15) is 18.9 Å². The zero-order valence-electron chi connectivity index (χ0n) is 7.63. The number of nitrogens with zero attached hydrogens (tertiary/aromatic N) is 1. The molecule has 0 saturated heterocycles. The van der Waals surface area contributed by atoms with Gasteiger partial charge in [-0.15, -0.1) is 0 Å². The predicted octanol–water partition coefficient (Wildman–Crippen LogP) is 2.09. The van der Waals surface area contributed by atoms with Crippen LogP contribution in [0, 0.1) is 5.82 Å². The highest BCUT2D eigenvalue weighted by Crippen LogP contribution is 2.06. The minimum atomic E-state index is -0.195. The lowest BCUT2D eigenvalue weighted by Crippen LogP contribution is -1.98. The molecule has 2 N–H and O–H groups in total. The third-order valence-corrected chi connectivity index (χ3v) is 1.88. The lowest BCUT2D eigenvalue weighted by Gasteiger charge is -2.00. The van der Waals surface area contributed by atoms with Crippen LogP contribution in [0.3, 0.4) is 0 Å². The van der Waals surface area contributed by atoms with Gasteiger partial charge in [-0.2, -0.15) is 5.10 Å². The number of hydrogen-bond acceptors (Lipinski definition) is 2. The second-order valence-electron chi connectivity index (χ2n) is 2.99. The van der Waals surface area contributed by atoms with Crippen molar-refractivity contribution in [3.8, 4) is 0 Å². The first-order valence-electron chi connectivity index (χ1n) is 4.20. The molecule has 1 aromatic rings. The Morgan fingerprint density at radius 3 is 2.92 bits per heavy atom. The summed E-state index contributed by atoms with van der Waals surface area (Å²) in [6, 6.07) is 6.57. The summed E-state index contributed by atoms with van der Waals surface area (Å²) >= 11 is 0. The Balaban J connectivity index is 2.55. The third kappa shape index (κ3) is 3.23. The minimum Gasteiger partial charge on any atom is -0.323 e. The molecular formula is C10H13FN2. The van der Waals surface area contributed by atoms with Crippen LogP contribution in [-0.4, -0.2) is 5.71 Å². The van der Waals surface area contributed by atoms with Crippen molar-refractivity contribution >= 4 is 5.71 Å². The standard InChI is InChI=1S/C10H13FN2/c1-8(13-12)5-6-9-3-2-4-10(11)7-9/h2-4,7H,5-6,12H2,1H3/b13-8-. The number of hydrazone groups is 1. The highest BCUT2D eigenvalue weighted by molar-refractivity contribution is 5.81. The Hall–Kier alpha value is -1.38. The maximum Gasteiger partial charge on any atom is 0.123 e. The SMILES string of the molecule is C/C(CCc1cccc(F)c1)=N/N. The molecule has 0 aliphatic rings. The summed E-state index contributed by atoms with van der Waals surface area (Å²) in [5.41, 5.74) is 1.85. The van der Waals surface area contributed by atoms with Gasteiger partial charge in [0.05, 0.1) is 0 Å². The van der Waals surface area contributed by atoms with Gasteiger partial charge in [-0.25, -0.2) is 4.39 Å². The summed E-state index contributed by atoms with van der Waals surface area (Å²) in [7, 11) is 0. The van der Waals surface area contributed by atoms with E-state index in [1.807, 2.05) is 13.0 Å². The van der Waals surface area contributed by atoms with Crippen molar-refractivity contribution in [3.63, 3.8) is 0 Å². The molecule has 0 bridgehead atoms. The highest BCUT2D eigenvalue weighted by atomic mass is 19.1. The molecule has 0 unspecified atom stereocenters. The highest BCUT2D eigenvalue weighted by Gasteiger charge is 1.96. The van der Waals surface area contributed by atoms with Gasteiger partial charge < -0.3 is 5.84 Å². The largest absolute Gasteiger partial charge is 0.323 e. The number of aryl methyl sites for hydroxylation is 1. The minimum absolute atomic E-state index is 0.195. The smallest absolute Gasteiger partial charge is 0.123 e. The lowest BCUT2D eigenvalue weighted by atomic mass is 10.1. The van der Waals surface area contributed by atoms with Crippen LogP contribution in [0.25, 0.3) is 0 Å². The fourth-order valence-corrected chi connectivity index (χ4v) is 1.08. The van der Waals surface area contributed by atoms with Gasteiger partial charge in [-0.3, -0.25) is 0 Å². The second-order valence-corrected chi connectivity index (χ2v) is 2.99. The number of hydrogen-bond donors (Lipinski definition) is 1. The van der Waals surface area contributed by atoms with Gasteiger partial charge in [0.15, 0.2) is 0 Å². The lowest BCUT2D eigenvalue weighted by molar-refractivity contribution is 0.625. The van der Waals surface area contributed by atoms with Gasteiger partial charge in [0, 0.05) is 5.71 Å². The summed E-state index contributed by atoms with van der Waals surface area (Å²) < 4.78 is 12.7. The molecule has 70 valence electrons. The number of benzene rings is 1. The van der Waals surface area contributed by atoms with E-state index >= 15 is 0 Å². The first kappa shape index (κ1) is 9.71.